The van der Waals surface area contributed by atoms with Crippen molar-refractivity contribution in [2.24, 2.45) is 5.92 Å². The lowest BCUT2D eigenvalue weighted by molar-refractivity contribution is 0.0727. The van der Waals surface area contributed by atoms with Crippen molar-refractivity contribution in [3.05, 3.63) is 28.2 Å². The van der Waals surface area contributed by atoms with Gasteiger partial charge in [0.05, 0.1) is 13.7 Å². The Morgan fingerprint density at radius 3 is 2.72 bits per heavy atom. The van der Waals surface area contributed by atoms with Crippen LogP contribution < -0.4 is 4.74 Å². The molecule has 0 N–H and O–H groups in total. The quantitative estimate of drug-likeness (QED) is 0.793. The predicted octanol–water partition coefficient (Wildman–Crippen LogP) is 4.55. The first-order valence-corrected chi connectivity index (χ1v) is 7.49. The lowest BCUT2D eigenvalue weighted by atomic mass is 9.90. The van der Waals surface area contributed by atoms with Gasteiger partial charge in [-0.1, -0.05) is 35.2 Å². The average molecular weight is 313 g/mol. The van der Waals surface area contributed by atoms with Crippen molar-refractivity contribution in [3.63, 3.8) is 0 Å². The molecule has 1 saturated carbocycles. The fraction of sp³-hybridized carbons (Fsp3) is 0.600. The first-order chi connectivity index (χ1) is 8.79. The standard InChI is InChI=1S/C15H21BrO2/c1-17-15-8-7-14(16)9-13(15)11-18-10-12-5-3-2-4-6-12/h7-9,12H,2-6,10-11H2,1H3. The molecule has 0 spiro atoms. The van der Waals surface area contributed by atoms with E-state index >= 15 is 0 Å². The summed E-state index contributed by atoms with van der Waals surface area (Å²) in [6, 6.07) is 6.03. The molecule has 0 aliphatic heterocycles. The van der Waals surface area contributed by atoms with E-state index in [1.807, 2.05) is 12.1 Å². The maximum atomic E-state index is 5.86. The van der Waals surface area contributed by atoms with E-state index in [2.05, 4.69) is 22.0 Å². The average Bonchev–Trinajstić information content (AvgIpc) is 2.40. The number of halogens is 1. The molecular formula is C15H21BrO2. The molecule has 2 rings (SSSR count). The summed E-state index contributed by atoms with van der Waals surface area (Å²) < 4.78 is 12.3. The number of hydrogen-bond donors (Lipinski definition) is 0. The molecule has 0 atom stereocenters. The first kappa shape index (κ1) is 13.9. The number of methoxy groups -OCH3 is 1. The summed E-state index contributed by atoms with van der Waals surface area (Å²) in [4.78, 5) is 0. The lowest BCUT2D eigenvalue weighted by Gasteiger charge is -2.21. The molecule has 0 saturated heterocycles. The Hall–Kier alpha value is -0.540. The third-order valence-corrected chi connectivity index (χ3v) is 4.07. The largest absolute Gasteiger partial charge is 0.496 e. The number of ether oxygens (including phenoxy) is 2. The van der Waals surface area contributed by atoms with E-state index in [0.29, 0.717) is 6.61 Å². The third-order valence-electron chi connectivity index (χ3n) is 3.58. The zero-order valence-electron chi connectivity index (χ0n) is 11.0. The van der Waals surface area contributed by atoms with Crippen LogP contribution in [-0.2, 0) is 11.3 Å². The molecule has 0 amide bonds. The van der Waals surface area contributed by atoms with Crippen LogP contribution >= 0.6 is 15.9 Å². The monoisotopic (exact) mass is 312 g/mol. The van der Waals surface area contributed by atoms with Crippen LogP contribution in [0.25, 0.3) is 0 Å². The number of hydrogen-bond acceptors (Lipinski definition) is 2. The Bertz CT molecular complexity index is 373. The maximum Gasteiger partial charge on any atom is 0.124 e. The van der Waals surface area contributed by atoms with Crippen LogP contribution in [0.15, 0.2) is 22.7 Å². The molecule has 0 radical (unpaired) electrons. The SMILES string of the molecule is COc1ccc(Br)cc1COCC1CCCCC1. The molecule has 1 aromatic carbocycles. The van der Waals surface area contributed by atoms with Gasteiger partial charge in [-0.15, -0.1) is 0 Å². The molecular weight excluding hydrogens is 292 g/mol. The molecule has 1 fully saturated rings. The van der Waals surface area contributed by atoms with Crippen molar-refractivity contribution < 1.29 is 9.47 Å². The highest BCUT2D eigenvalue weighted by molar-refractivity contribution is 9.10. The number of benzene rings is 1. The van der Waals surface area contributed by atoms with Gasteiger partial charge in [0.1, 0.15) is 5.75 Å². The Kier molecular flexibility index (Phi) is 5.51. The zero-order valence-corrected chi connectivity index (χ0v) is 12.5. The van der Waals surface area contributed by atoms with Crippen LogP contribution in [0.2, 0.25) is 0 Å². The van der Waals surface area contributed by atoms with Crippen LogP contribution in [0.3, 0.4) is 0 Å². The van der Waals surface area contributed by atoms with Crippen LogP contribution in [0.5, 0.6) is 5.75 Å². The van der Waals surface area contributed by atoms with E-state index in [0.717, 1.165) is 28.3 Å². The van der Waals surface area contributed by atoms with Crippen molar-refractivity contribution in [1.29, 1.82) is 0 Å². The first-order valence-electron chi connectivity index (χ1n) is 6.70. The van der Waals surface area contributed by atoms with Gasteiger partial charge in [-0.05, 0) is 37.0 Å². The highest BCUT2D eigenvalue weighted by Crippen LogP contribution is 2.26. The molecule has 1 aliphatic carbocycles. The molecule has 100 valence electrons. The van der Waals surface area contributed by atoms with Crippen LogP contribution in [0.1, 0.15) is 37.7 Å². The lowest BCUT2D eigenvalue weighted by Crippen LogP contribution is -2.13. The van der Waals surface area contributed by atoms with E-state index in [-0.39, 0.29) is 0 Å². The van der Waals surface area contributed by atoms with Crippen molar-refractivity contribution in [3.8, 4) is 5.75 Å². The maximum absolute atomic E-state index is 5.86. The van der Waals surface area contributed by atoms with Gasteiger partial charge >= 0.3 is 0 Å². The molecule has 0 aromatic heterocycles. The van der Waals surface area contributed by atoms with Gasteiger partial charge in [0.2, 0.25) is 0 Å². The Labute approximate surface area is 118 Å². The fourth-order valence-electron chi connectivity index (χ4n) is 2.55. The van der Waals surface area contributed by atoms with Gasteiger partial charge in [-0.3, -0.25) is 0 Å². The summed E-state index contributed by atoms with van der Waals surface area (Å²) in [5.74, 6) is 1.67. The summed E-state index contributed by atoms with van der Waals surface area (Å²) in [6.45, 7) is 1.52. The van der Waals surface area contributed by atoms with Gasteiger partial charge in [0.15, 0.2) is 0 Å². The Balaban J connectivity index is 1.83. The second-order valence-electron chi connectivity index (χ2n) is 4.98. The molecule has 0 heterocycles. The molecule has 3 heteroatoms. The summed E-state index contributed by atoms with van der Waals surface area (Å²) >= 11 is 3.48. The molecule has 1 aromatic rings. The van der Waals surface area contributed by atoms with Gasteiger partial charge in [-0.25, -0.2) is 0 Å². The minimum absolute atomic E-state index is 0.638. The fourth-order valence-corrected chi connectivity index (χ4v) is 2.96. The summed E-state index contributed by atoms with van der Waals surface area (Å²) in [6.07, 6.45) is 6.80. The third kappa shape index (κ3) is 3.99. The number of rotatable bonds is 5. The van der Waals surface area contributed by atoms with Crippen LogP contribution in [0, 0.1) is 5.92 Å². The highest BCUT2D eigenvalue weighted by atomic mass is 79.9. The topological polar surface area (TPSA) is 18.5 Å². The summed E-state index contributed by atoms with van der Waals surface area (Å²) in [7, 11) is 1.70. The molecule has 18 heavy (non-hydrogen) atoms. The molecule has 1 aliphatic rings. The Morgan fingerprint density at radius 2 is 2.00 bits per heavy atom. The van der Waals surface area contributed by atoms with Crippen molar-refractivity contribution in [1.82, 2.24) is 0 Å². The zero-order chi connectivity index (χ0) is 12.8. The minimum Gasteiger partial charge on any atom is -0.496 e. The van der Waals surface area contributed by atoms with Crippen molar-refractivity contribution in [2.45, 2.75) is 38.7 Å². The van der Waals surface area contributed by atoms with Crippen LogP contribution in [0.4, 0.5) is 0 Å². The van der Waals surface area contributed by atoms with Gasteiger partial charge in [0, 0.05) is 16.6 Å². The predicted molar refractivity (Wildman–Crippen MR) is 76.9 cm³/mol. The van der Waals surface area contributed by atoms with E-state index < -0.39 is 0 Å². The molecule has 0 unspecified atom stereocenters. The van der Waals surface area contributed by atoms with E-state index in [1.165, 1.54) is 32.1 Å². The van der Waals surface area contributed by atoms with Gasteiger partial charge in [-0.2, -0.15) is 0 Å². The summed E-state index contributed by atoms with van der Waals surface area (Å²) in [5, 5.41) is 0. The van der Waals surface area contributed by atoms with Crippen LogP contribution in [-0.4, -0.2) is 13.7 Å². The normalized spacial score (nSPS) is 16.8. The minimum atomic E-state index is 0.638. The molecule has 2 nitrogen and oxygen atoms in total. The van der Waals surface area contributed by atoms with Crippen molar-refractivity contribution in [2.75, 3.05) is 13.7 Å². The summed E-state index contributed by atoms with van der Waals surface area (Å²) in [5.41, 5.74) is 1.11. The van der Waals surface area contributed by atoms with Crippen molar-refractivity contribution >= 4 is 15.9 Å². The second kappa shape index (κ2) is 7.15. The van der Waals surface area contributed by atoms with Gasteiger partial charge < -0.3 is 9.47 Å². The van der Waals surface area contributed by atoms with E-state index in [1.54, 1.807) is 7.11 Å². The van der Waals surface area contributed by atoms with E-state index in [9.17, 15) is 0 Å². The highest BCUT2D eigenvalue weighted by Gasteiger charge is 2.13. The smallest absolute Gasteiger partial charge is 0.124 e. The van der Waals surface area contributed by atoms with E-state index in [4.69, 9.17) is 9.47 Å². The Morgan fingerprint density at radius 1 is 1.22 bits per heavy atom. The second-order valence-corrected chi connectivity index (χ2v) is 5.89. The molecule has 0 bridgehead atoms. The van der Waals surface area contributed by atoms with Gasteiger partial charge in [0.25, 0.3) is 0 Å².